The molecule has 0 atom stereocenters. The largest absolute Gasteiger partial charge is 1.00 e. The van der Waals surface area contributed by atoms with Crippen LogP contribution in [0.4, 0.5) is 0 Å². The molecule has 0 unspecified atom stereocenters. The van der Waals surface area contributed by atoms with Gasteiger partial charge in [0, 0.05) is 5.56 Å². The molecule has 1 aromatic carbocycles. The summed E-state index contributed by atoms with van der Waals surface area (Å²) in [7, 11) is 0. The van der Waals surface area contributed by atoms with Crippen molar-refractivity contribution in [3.05, 3.63) is 34.9 Å². The number of rotatable bonds is 16. The molecule has 0 aliphatic heterocycles. The molecule has 29 heavy (non-hydrogen) atoms. The number of aromatic carboxylic acids is 2. The van der Waals surface area contributed by atoms with E-state index >= 15 is 0 Å². The Balaban J connectivity index is 0. The Bertz CT molecular complexity index is 576. The summed E-state index contributed by atoms with van der Waals surface area (Å²) in [5.74, 6) is -2.55. The van der Waals surface area contributed by atoms with Crippen molar-refractivity contribution >= 4 is 11.9 Å². The quantitative estimate of drug-likeness (QED) is 0.230. The molecule has 0 saturated carbocycles. The predicted molar refractivity (Wildman–Crippen MR) is 105 cm³/mol. The van der Waals surface area contributed by atoms with E-state index in [0.29, 0.717) is 12.0 Å². The fraction of sp³-hybridized carbons (Fsp3) is 0.652. The average Bonchev–Trinajstić information content (AvgIpc) is 2.65. The first-order valence-electron chi connectivity index (χ1n) is 10.6. The first-order chi connectivity index (χ1) is 13.1. The van der Waals surface area contributed by atoms with E-state index in [2.05, 4.69) is 6.92 Å². The summed E-state index contributed by atoms with van der Waals surface area (Å²) in [4.78, 5) is 22.1. The normalized spacial score (nSPS) is 10.1. The van der Waals surface area contributed by atoms with Crippen molar-refractivity contribution in [1.29, 1.82) is 0 Å². The summed E-state index contributed by atoms with van der Waals surface area (Å²) in [6.07, 6.45) is 16.8. The molecule has 1 rings (SSSR count). The molecule has 0 fully saturated rings. The number of hydrogen-bond donors (Lipinski definition) is 0. The van der Waals surface area contributed by atoms with E-state index in [4.69, 9.17) is 0 Å². The third-order valence-electron chi connectivity index (χ3n) is 5.11. The van der Waals surface area contributed by atoms with Crippen LogP contribution in [0.3, 0.4) is 0 Å². The minimum Gasteiger partial charge on any atom is -0.545 e. The maximum absolute atomic E-state index is 11.2. The number of benzene rings is 1. The number of aryl methyl sites for hydroxylation is 1. The van der Waals surface area contributed by atoms with Gasteiger partial charge in [0.2, 0.25) is 0 Å². The van der Waals surface area contributed by atoms with Gasteiger partial charge in [0.15, 0.2) is 0 Å². The van der Waals surface area contributed by atoms with Crippen LogP contribution in [0.2, 0.25) is 0 Å². The van der Waals surface area contributed by atoms with Crippen LogP contribution >= 0.6 is 0 Å². The molecular weight excluding hydrogens is 386 g/mol. The van der Waals surface area contributed by atoms with Crippen molar-refractivity contribution in [1.82, 2.24) is 0 Å². The average molecular weight is 421 g/mol. The van der Waals surface area contributed by atoms with Crippen LogP contribution in [0.25, 0.3) is 0 Å². The fourth-order valence-electron chi connectivity index (χ4n) is 3.46. The van der Waals surface area contributed by atoms with Gasteiger partial charge in [-0.15, -0.1) is 0 Å². The van der Waals surface area contributed by atoms with Crippen molar-refractivity contribution < 1.29 is 78.9 Å². The van der Waals surface area contributed by atoms with Crippen molar-refractivity contribution in [2.24, 2.45) is 0 Å². The minimum atomic E-state index is -1.29. The van der Waals surface area contributed by atoms with E-state index in [1.165, 1.54) is 82.4 Å². The molecule has 0 aliphatic rings. The minimum absolute atomic E-state index is 0. The van der Waals surface area contributed by atoms with Crippen LogP contribution in [0, 0.1) is 0 Å². The van der Waals surface area contributed by atoms with Crippen LogP contribution in [0.15, 0.2) is 18.2 Å². The monoisotopic (exact) mass is 420 g/mol. The zero-order chi connectivity index (χ0) is 19.9. The summed E-state index contributed by atoms with van der Waals surface area (Å²) < 4.78 is 0. The van der Waals surface area contributed by atoms with E-state index < -0.39 is 11.9 Å². The van der Waals surface area contributed by atoms with Gasteiger partial charge in [0.05, 0.1) is 11.9 Å². The Morgan fingerprint density at radius 1 is 0.690 bits per heavy atom. The van der Waals surface area contributed by atoms with Crippen molar-refractivity contribution in [2.45, 2.75) is 96.8 Å². The third kappa shape index (κ3) is 14.7. The molecule has 0 spiro atoms. The van der Waals surface area contributed by atoms with Gasteiger partial charge in [-0.05, 0) is 30.0 Å². The summed E-state index contributed by atoms with van der Waals surface area (Å²) >= 11 is 0. The van der Waals surface area contributed by atoms with Crippen molar-refractivity contribution in [3.8, 4) is 0 Å². The molecule has 0 aromatic heterocycles. The number of carboxylic acids is 2. The van der Waals surface area contributed by atoms with Crippen LogP contribution in [0.5, 0.6) is 0 Å². The molecule has 0 aliphatic carbocycles. The SMILES string of the molecule is CCCCCCCCCCCCCCCc1cc(C(=O)[O-])ccc1C(=O)[O-].[Na+].[Na+]. The molecule has 6 heteroatoms. The maximum atomic E-state index is 11.2. The van der Waals surface area contributed by atoms with E-state index in [0.717, 1.165) is 19.3 Å². The van der Waals surface area contributed by atoms with Gasteiger partial charge in [0.25, 0.3) is 0 Å². The van der Waals surface area contributed by atoms with Gasteiger partial charge in [-0.25, -0.2) is 0 Å². The fourth-order valence-corrected chi connectivity index (χ4v) is 3.46. The van der Waals surface area contributed by atoms with E-state index in [1.807, 2.05) is 0 Å². The second-order valence-corrected chi connectivity index (χ2v) is 7.44. The smallest absolute Gasteiger partial charge is 0.545 e. The van der Waals surface area contributed by atoms with Gasteiger partial charge in [-0.1, -0.05) is 96.1 Å². The molecule has 0 saturated heterocycles. The Morgan fingerprint density at radius 2 is 1.14 bits per heavy atom. The predicted octanol–water partition coefficient (Wildman–Crippen LogP) is -1.94. The Morgan fingerprint density at radius 3 is 1.55 bits per heavy atom. The molecular formula is C23H34Na2O4. The van der Waals surface area contributed by atoms with E-state index in [-0.39, 0.29) is 70.2 Å². The summed E-state index contributed by atoms with van der Waals surface area (Å²) in [6, 6.07) is 3.97. The van der Waals surface area contributed by atoms with Gasteiger partial charge in [-0.3, -0.25) is 0 Å². The molecule has 0 radical (unpaired) electrons. The molecule has 4 nitrogen and oxygen atoms in total. The Hall–Kier alpha value is 0.160. The molecule has 152 valence electrons. The number of carbonyl (C=O) groups is 2. The Kier molecular flexibility index (Phi) is 21.7. The maximum Gasteiger partial charge on any atom is 1.00 e. The Labute approximate surface area is 220 Å². The standard InChI is InChI=1S/C23H36O4.2Na/c1-2-3-4-5-6-7-8-9-10-11-12-13-14-15-19-18-20(22(24)25)16-17-21(19)23(26)27;;/h16-18H,2-15H2,1H3,(H,24,25)(H,26,27);;/q;2*+1/p-2. The second-order valence-electron chi connectivity index (χ2n) is 7.44. The first kappa shape index (κ1) is 31.3. The molecule has 0 N–H and O–H groups in total. The zero-order valence-corrected chi connectivity index (χ0v) is 22.8. The number of carboxylic acid groups (broad SMARTS) is 2. The molecule has 0 heterocycles. The van der Waals surface area contributed by atoms with Crippen LogP contribution in [-0.2, 0) is 6.42 Å². The van der Waals surface area contributed by atoms with Crippen LogP contribution in [0.1, 0.15) is 117 Å². The molecule has 0 amide bonds. The number of unbranched alkanes of at least 4 members (excludes halogenated alkanes) is 12. The summed E-state index contributed by atoms with van der Waals surface area (Å²) in [5, 5.41) is 22.1. The van der Waals surface area contributed by atoms with Gasteiger partial charge >= 0.3 is 59.1 Å². The van der Waals surface area contributed by atoms with Crippen molar-refractivity contribution in [2.75, 3.05) is 0 Å². The topological polar surface area (TPSA) is 80.3 Å². The molecule has 0 bridgehead atoms. The zero-order valence-electron chi connectivity index (χ0n) is 18.8. The van der Waals surface area contributed by atoms with Gasteiger partial charge < -0.3 is 19.8 Å². The number of carbonyl (C=O) groups excluding carboxylic acids is 2. The van der Waals surface area contributed by atoms with Gasteiger partial charge in [-0.2, -0.15) is 0 Å². The second kappa shape index (κ2) is 20.1. The summed E-state index contributed by atoms with van der Waals surface area (Å²) in [6.45, 7) is 2.24. The molecule has 1 aromatic rings. The third-order valence-corrected chi connectivity index (χ3v) is 5.11. The van der Waals surface area contributed by atoms with Crippen LogP contribution in [-0.4, -0.2) is 11.9 Å². The van der Waals surface area contributed by atoms with E-state index in [9.17, 15) is 19.8 Å². The van der Waals surface area contributed by atoms with E-state index in [1.54, 1.807) is 0 Å². The summed E-state index contributed by atoms with van der Waals surface area (Å²) in [5.41, 5.74) is 0.628. The number of hydrogen-bond acceptors (Lipinski definition) is 4. The van der Waals surface area contributed by atoms with Crippen LogP contribution < -0.4 is 69.3 Å². The van der Waals surface area contributed by atoms with Gasteiger partial charge in [0.1, 0.15) is 0 Å². The van der Waals surface area contributed by atoms with Crippen molar-refractivity contribution in [3.63, 3.8) is 0 Å². The first-order valence-corrected chi connectivity index (χ1v) is 10.6.